The molecule has 0 saturated heterocycles. The Morgan fingerprint density at radius 3 is 2.87 bits per heavy atom. The van der Waals surface area contributed by atoms with Crippen LogP contribution in [-0.4, -0.2) is 17.1 Å². The van der Waals surface area contributed by atoms with E-state index in [1.54, 1.807) is 11.3 Å². The van der Waals surface area contributed by atoms with Crippen molar-refractivity contribution in [3.05, 3.63) is 16.1 Å². The Balaban J connectivity index is 1.75. The first-order chi connectivity index (χ1) is 7.18. The minimum Gasteiger partial charge on any atom is -0.324 e. The summed E-state index contributed by atoms with van der Waals surface area (Å²) in [6.07, 6.45) is 4.90. The largest absolute Gasteiger partial charge is 0.324 e. The van der Waals surface area contributed by atoms with Crippen LogP contribution in [-0.2, 0) is 6.54 Å². The Kier molecular flexibility index (Phi) is 3.38. The minimum atomic E-state index is 0.0479. The molecule has 0 radical (unpaired) electrons. The van der Waals surface area contributed by atoms with Crippen LogP contribution in [0, 0.1) is 6.92 Å². The van der Waals surface area contributed by atoms with Gasteiger partial charge in [0.25, 0.3) is 0 Å². The number of aryl methyl sites for hydroxylation is 1. The monoisotopic (exact) mass is 225 g/mol. The standard InChI is InChI=1S/C11H19N3S/c1-9-7-15-10(14-9)6-13-8-11(12)4-2-3-5-11/h7,13H,2-6,8,12H2,1H3. The smallest absolute Gasteiger partial charge is 0.107 e. The number of rotatable bonds is 4. The SMILES string of the molecule is Cc1csc(CNCC2(N)CCCC2)n1. The van der Waals surface area contributed by atoms with Gasteiger partial charge < -0.3 is 11.1 Å². The van der Waals surface area contributed by atoms with Gasteiger partial charge in [-0.25, -0.2) is 4.98 Å². The first kappa shape index (κ1) is 11.0. The topological polar surface area (TPSA) is 50.9 Å². The fourth-order valence-corrected chi connectivity index (χ4v) is 2.90. The van der Waals surface area contributed by atoms with E-state index in [0.29, 0.717) is 0 Å². The third-order valence-corrected chi connectivity index (χ3v) is 3.99. The lowest BCUT2D eigenvalue weighted by atomic mass is 9.99. The molecule has 15 heavy (non-hydrogen) atoms. The van der Waals surface area contributed by atoms with E-state index in [0.717, 1.165) is 36.6 Å². The van der Waals surface area contributed by atoms with Crippen molar-refractivity contribution < 1.29 is 0 Å². The van der Waals surface area contributed by atoms with E-state index in [9.17, 15) is 0 Å². The maximum absolute atomic E-state index is 6.25. The number of nitrogens with zero attached hydrogens (tertiary/aromatic N) is 1. The first-order valence-corrected chi connectivity index (χ1v) is 6.47. The molecule has 0 aromatic carbocycles. The van der Waals surface area contributed by atoms with E-state index in [2.05, 4.69) is 15.7 Å². The predicted octanol–water partition coefficient (Wildman–Crippen LogP) is 1.81. The van der Waals surface area contributed by atoms with Crippen molar-refractivity contribution in [2.45, 2.75) is 44.7 Å². The van der Waals surface area contributed by atoms with Crippen LogP contribution in [0.1, 0.15) is 36.4 Å². The zero-order valence-electron chi connectivity index (χ0n) is 9.25. The van der Waals surface area contributed by atoms with Crippen molar-refractivity contribution in [1.29, 1.82) is 0 Å². The molecule has 3 nitrogen and oxygen atoms in total. The van der Waals surface area contributed by atoms with Crippen molar-refractivity contribution in [1.82, 2.24) is 10.3 Å². The average molecular weight is 225 g/mol. The summed E-state index contributed by atoms with van der Waals surface area (Å²) in [6.45, 7) is 3.81. The molecule has 1 aliphatic carbocycles. The van der Waals surface area contributed by atoms with E-state index in [1.807, 2.05) is 6.92 Å². The second-order valence-electron chi connectivity index (χ2n) is 4.56. The molecule has 1 fully saturated rings. The van der Waals surface area contributed by atoms with E-state index in [1.165, 1.54) is 12.8 Å². The Bertz CT molecular complexity index is 315. The van der Waals surface area contributed by atoms with Crippen LogP contribution < -0.4 is 11.1 Å². The van der Waals surface area contributed by atoms with Crippen LogP contribution in [0.2, 0.25) is 0 Å². The molecule has 1 heterocycles. The van der Waals surface area contributed by atoms with Crippen LogP contribution in [0.3, 0.4) is 0 Å². The van der Waals surface area contributed by atoms with Crippen LogP contribution in [0.4, 0.5) is 0 Å². The van der Waals surface area contributed by atoms with Gasteiger partial charge in [0.1, 0.15) is 5.01 Å². The van der Waals surface area contributed by atoms with Crippen LogP contribution in [0.5, 0.6) is 0 Å². The summed E-state index contributed by atoms with van der Waals surface area (Å²) < 4.78 is 0. The number of hydrogen-bond donors (Lipinski definition) is 2. The molecule has 3 N–H and O–H groups in total. The summed E-state index contributed by atoms with van der Waals surface area (Å²) in [7, 11) is 0. The molecule has 1 aromatic rings. The van der Waals surface area contributed by atoms with Crippen molar-refractivity contribution in [2.24, 2.45) is 5.73 Å². The molecule has 0 aliphatic heterocycles. The molecular weight excluding hydrogens is 206 g/mol. The highest BCUT2D eigenvalue weighted by atomic mass is 32.1. The van der Waals surface area contributed by atoms with Gasteiger partial charge in [-0.2, -0.15) is 0 Å². The third-order valence-electron chi connectivity index (χ3n) is 3.02. The van der Waals surface area contributed by atoms with E-state index >= 15 is 0 Å². The number of aromatic nitrogens is 1. The summed E-state index contributed by atoms with van der Waals surface area (Å²) in [6, 6.07) is 0. The molecule has 1 saturated carbocycles. The average Bonchev–Trinajstić information content (AvgIpc) is 2.76. The van der Waals surface area contributed by atoms with E-state index < -0.39 is 0 Å². The highest BCUT2D eigenvalue weighted by Crippen LogP contribution is 2.26. The Hall–Kier alpha value is -0.450. The molecule has 84 valence electrons. The maximum Gasteiger partial charge on any atom is 0.107 e. The lowest BCUT2D eigenvalue weighted by Gasteiger charge is -2.23. The Labute approximate surface area is 95.1 Å². The lowest BCUT2D eigenvalue weighted by molar-refractivity contribution is 0.404. The van der Waals surface area contributed by atoms with Gasteiger partial charge in [0, 0.05) is 29.7 Å². The fourth-order valence-electron chi connectivity index (χ4n) is 2.16. The van der Waals surface area contributed by atoms with Crippen molar-refractivity contribution >= 4 is 11.3 Å². The quantitative estimate of drug-likeness (QED) is 0.821. The summed E-state index contributed by atoms with van der Waals surface area (Å²) in [5, 5.41) is 6.67. The second kappa shape index (κ2) is 4.60. The Morgan fingerprint density at radius 1 is 1.53 bits per heavy atom. The number of hydrogen-bond acceptors (Lipinski definition) is 4. The number of nitrogens with one attached hydrogen (secondary N) is 1. The van der Waals surface area contributed by atoms with Gasteiger partial charge in [-0.1, -0.05) is 12.8 Å². The molecule has 2 rings (SSSR count). The van der Waals surface area contributed by atoms with Gasteiger partial charge >= 0.3 is 0 Å². The molecule has 1 aliphatic rings. The summed E-state index contributed by atoms with van der Waals surface area (Å²) in [5.41, 5.74) is 7.41. The van der Waals surface area contributed by atoms with Gasteiger partial charge in [0.15, 0.2) is 0 Å². The van der Waals surface area contributed by atoms with Gasteiger partial charge in [0.2, 0.25) is 0 Å². The lowest BCUT2D eigenvalue weighted by Crippen LogP contribution is -2.46. The maximum atomic E-state index is 6.25. The molecule has 1 aromatic heterocycles. The van der Waals surface area contributed by atoms with Crippen molar-refractivity contribution in [3.8, 4) is 0 Å². The van der Waals surface area contributed by atoms with Crippen LogP contribution in [0.25, 0.3) is 0 Å². The zero-order valence-corrected chi connectivity index (χ0v) is 10.1. The van der Waals surface area contributed by atoms with Gasteiger partial charge in [-0.05, 0) is 19.8 Å². The van der Waals surface area contributed by atoms with Gasteiger partial charge in [0.05, 0.1) is 0 Å². The minimum absolute atomic E-state index is 0.0479. The normalized spacial score (nSPS) is 19.6. The zero-order chi connectivity index (χ0) is 10.7. The molecule has 0 bridgehead atoms. The Morgan fingerprint density at radius 2 is 2.27 bits per heavy atom. The molecule has 0 unspecified atom stereocenters. The first-order valence-electron chi connectivity index (χ1n) is 5.59. The molecule has 4 heteroatoms. The van der Waals surface area contributed by atoms with Crippen molar-refractivity contribution in [2.75, 3.05) is 6.54 Å². The number of nitrogens with two attached hydrogens (primary N) is 1. The van der Waals surface area contributed by atoms with Crippen LogP contribution in [0.15, 0.2) is 5.38 Å². The molecular formula is C11H19N3S. The van der Waals surface area contributed by atoms with Crippen LogP contribution >= 0.6 is 11.3 Å². The van der Waals surface area contributed by atoms with E-state index in [-0.39, 0.29) is 5.54 Å². The summed E-state index contributed by atoms with van der Waals surface area (Å²) >= 11 is 1.72. The van der Waals surface area contributed by atoms with E-state index in [4.69, 9.17) is 5.73 Å². The second-order valence-corrected chi connectivity index (χ2v) is 5.50. The highest BCUT2D eigenvalue weighted by Gasteiger charge is 2.28. The predicted molar refractivity (Wildman–Crippen MR) is 63.9 cm³/mol. The fraction of sp³-hybridized carbons (Fsp3) is 0.727. The molecule has 0 amide bonds. The van der Waals surface area contributed by atoms with Crippen molar-refractivity contribution in [3.63, 3.8) is 0 Å². The van der Waals surface area contributed by atoms with Gasteiger partial charge in [-0.3, -0.25) is 0 Å². The third kappa shape index (κ3) is 3.00. The molecule has 0 spiro atoms. The molecule has 0 atom stereocenters. The number of thiazole rings is 1. The summed E-state index contributed by atoms with van der Waals surface area (Å²) in [4.78, 5) is 4.41. The highest BCUT2D eigenvalue weighted by molar-refractivity contribution is 7.09. The summed E-state index contributed by atoms with van der Waals surface area (Å²) in [5.74, 6) is 0. The van der Waals surface area contributed by atoms with Gasteiger partial charge in [-0.15, -0.1) is 11.3 Å².